The molecule has 0 unspecified atom stereocenters. The highest BCUT2D eigenvalue weighted by Gasteiger charge is 2.11. The van der Waals surface area contributed by atoms with Crippen LogP contribution < -0.4 is 14.8 Å². The van der Waals surface area contributed by atoms with Crippen LogP contribution in [0.4, 0.5) is 0 Å². The Morgan fingerprint density at radius 2 is 1.83 bits per heavy atom. The topological polar surface area (TPSA) is 43.6 Å². The first-order valence-corrected chi connectivity index (χ1v) is 10.7. The van der Waals surface area contributed by atoms with Gasteiger partial charge in [0.2, 0.25) is 0 Å². The highest BCUT2D eigenvalue weighted by atomic mass is 35.5. The summed E-state index contributed by atoms with van der Waals surface area (Å²) in [6.07, 6.45) is 1.84. The largest absolute Gasteiger partial charge is 0.488 e. The zero-order valence-corrected chi connectivity index (χ0v) is 17.8. The standard InChI is InChI=1S/C23H14Cl2N2O2S/c24-16-10-9-15(17(25)12-16)13-29-20-8-4-1-5-14(20)11-21-22(28)27-19-7-3-2-6-18(19)26-23(27)30-21/h1-12H,13H2/b21-11+. The maximum atomic E-state index is 13.0. The van der Waals surface area contributed by atoms with Crippen LogP contribution in [0.15, 0.2) is 71.5 Å². The first-order chi connectivity index (χ1) is 14.6. The van der Waals surface area contributed by atoms with Crippen LogP contribution in [-0.4, -0.2) is 9.38 Å². The molecule has 0 bridgehead atoms. The van der Waals surface area contributed by atoms with E-state index in [2.05, 4.69) is 4.98 Å². The quantitative estimate of drug-likeness (QED) is 0.369. The van der Waals surface area contributed by atoms with Gasteiger partial charge < -0.3 is 4.74 Å². The minimum absolute atomic E-state index is 0.0840. The highest BCUT2D eigenvalue weighted by molar-refractivity contribution is 7.15. The van der Waals surface area contributed by atoms with Crippen molar-refractivity contribution in [2.75, 3.05) is 0 Å². The fourth-order valence-corrected chi connectivity index (χ4v) is 4.72. The molecule has 0 spiro atoms. The molecule has 148 valence electrons. The Morgan fingerprint density at radius 1 is 1.03 bits per heavy atom. The molecule has 0 aliphatic carbocycles. The molecule has 5 rings (SSSR count). The predicted molar refractivity (Wildman–Crippen MR) is 123 cm³/mol. The minimum Gasteiger partial charge on any atom is -0.488 e. The van der Waals surface area contributed by atoms with Gasteiger partial charge in [-0.3, -0.25) is 4.79 Å². The van der Waals surface area contributed by atoms with Crippen LogP contribution in [0.1, 0.15) is 11.1 Å². The average molecular weight is 453 g/mol. The minimum atomic E-state index is -0.0840. The van der Waals surface area contributed by atoms with Crippen molar-refractivity contribution in [2.24, 2.45) is 0 Å². The second-order valence-corrected chi connectivity index (χ2v) is 8.55. The number of ether oxygens (including phenoxy) is 1. The molecule has 0 N–H and O–H groups in total. The van der Waals surface area contributed by atoms with E-state index in [1.165, 1.54) is 11.3 Å². The van der Waals surface area contributed by atoms with E-state index < -0.39 is 0 Å². The van der Waals surface area contributed by atoms with E-state index in [9.17, 15) is 4.79 Å². The van der Waals surface area contributed by atoms with Crippen molar-refractivity contribution in [3.63, 3.8) is 0 Å². The number of fused-ring (bicyclic) bond motifs is 3. The van der Waals surface area contributed by atoms with Gasteiger partial charge in [-0.05, 0) is 36.4 Å². The monoisotopic (exact) mass is 452 g/mol. The van der Waals surface area contributed by atoms with E-state index in [0.29, 0.717) is 31.9 Å². The second kappa shape index (κ2) is 7.76. The molecule has 30 heavy (non-hydrogen) atoms. The molecule has 0 amide bonds. The van der Waals surface area contributed by atoms with Crippen LogP contribution in [0.2, 0.25) is 10.0 Å². The molecule has 7 heteroatoms. The molecular weight excluding hydrogens is 439 g/mol. The molecule has 4 nitrogen and oxygen atoms in total. The van der Waals surface area contributed by atoms with E-state index in [1.54, 1.807) is 16.5 Å². The summed E-state index contributed by atoms with van der Waals surface area (Å²) in [6.45, 7) is 0.295. The molecule has 5 aromatic rings. The van der Waals surface area contributed by atoms with Crippen LogP contribution in [-0.2, 0) is 6.61 Å². The lowest BCUT2D eigenvalue weighted by atomic mass is 10.2. The van der Waals surface area contributed by atoms with Crippen LogP contribution in [0, 0.1) is 0 Å². The normalized spacial score (nSPS) is 12.1. The Kier molecular flexibility index (Phi) is 4.95. The van der Waals surface area contributed by atoms with Crippen molar-refractivity contribution < 1.29 is 4.74 Å². The molecular formula is C23H14Cl2N2O2S. The summed E-state index contributed by atoms with van der Waals surface area (Å²) in [4.78, 5) is 18.2. The van der Waals surface area contributed by atoms with E-state index in [0.717, 1.165) is 22.2 Å². The fraction of sp³-hybridized carbons (Fsp3) is 0.0435. The number of benzene rings is 3. The molecule has 3 aromatic carbocycles. The molecule has 2 aromatic heterocycles. The molecule has 0 radical (unpaired) electrons. The van der Waals surface area contributed by atoms with Gasteiger partial charge in [-0.2, -0.15) is 0 Å². The summed E-state index contributed by atoms with van der Waals surface area (Å²) < 4.78 is 8.26. The fourth-order valence-electron chi connectivity index (χ4n) is 3.28. The number of para-hydroxylation sites is 3. The lowest BCUT2D eigenvalue weighted by molar-refractivity contribution is 0.305. The van der Waals surface area contributed by atoms with Gasteiger partial charge >= 0.3 is 0 Å². The number of rotatable bonds is 4. The van der Waals surface area contributed by atoms with Crippen molar-refractivity contribution >= 4 is 56.6 Å². The lowest BCUT2D eigenvalue weighted by Gasteiger charge is -2.10. The number of thiazole rings is 1. The first-order valence-electron chi connectivity index (χ1n) is 9.17. The summed E-state index contributed by atoms with van der Waals surface area (Å²) in [6, 6.07) is 20.5. The van der Waals surface area contributed by atoms with Gasteiger partial charge in [0.1, 0.15) is 12.4 Å². The van der Waals surface area contributed by atoms with Gasteiger partial charge in [0.05, 0.1) is 15.6 Å². The zero-order valence-electron chi connectivity index (χ0n) is 15.5. The predicted octanol–water partition coefficient (Wildman–Crippen LogP) is 5.34. The Bertz CT molecular complexity index is 1510. The molecule has 0 aliphatic rings. The Morgan fingerprint density at radius 3 is 2.70 bits per heavy atom. The lowest BCUT2D eigenvalue weighted by Crippen LogP contribution is -2.22. The second-order valence-electron chi connectivity index (χ2n) is 6.70. The van der Waals surface area contributed by atoms with Crippen LogP contribution in [0.3, 0.4) is 0 Å². The Balaban J connectivity index is 1.53. The van der Waals surface area contributed by atoms with Crippen LogP contribution in [0.25, 0.3) is 22.1 Å². The molecule has 0 saturated heterocycles. The van der Waals surface area contributed by atoms with Gasteiger partial charge in [0, 0.05) is 21.2 Å². The third-order valence-electron chi connectivity index (χ3n) is 4.75. The number of hydrogen-bond donors (Lipinski definition) is 0. The van der Waals surface area contributed by atoms with E-state index in [4.69, 9.17) is 27.9 Å². The summed E-state index contributed by atoms with van der Waals surface area (Å²) in [5.74, 6) is 0.666. The van der Waals surface area contributed by atoms with Crippen molar-refractivity contribution in [3.8, 4) is 5.75 Å². The SMILES string of the molecule is O=c1/c(=C\c2ccccc2OCc2ccc(Cl)cc2Cl)sc2nc3ccccc3n12. The van der Waals surface area contributed by atoms with Gasteiger partial charge in [-0.25, -0.2) is 9.38 Å². The average Bonchev–Trinajstić information content (AvgIpc) is 3.25. The molecule has 2 heterocycles. The molecule has 0 aliphatic heterocycles. The van der Waals surface area contributed by atoms with E-state index >= 15 is 0 Å². The Hall–Kier alpha value is -2.86. The molecule has 0 atom stereocenters. The van der Waals surface area contributed by atoms with Crippen molar-refractivity contribution in [1.82, 2.24) is 9.38 Å². The zero-order chi connectivity index (χ0) is 20.7. The Labute approximate surface area is 185 Å². The highest BCUT2D eigenvalue weighted by Crippen LogP contribution is 2.25. The van der Waals surface area contributed by atoms with E-state index in [-0.39, 0.29) is 5.56 Å². The van der Waals surface area contributed by atoms with Gasteiger partial charge in [0.25, 0.3) is 5.56 Å². The first kappa shape index (κ1) is 19.1. The van der Waals surface area contributed by atoms with Crippen molar-refractivity contribution in [3.05, 3.63) is 103 Å². The number of nitrogens with zero attached hydrogens (tertiary/aromatic N) is 2. The number of aromatic nitrogens is 2. The summed E-state index contributed by atoms with van der Waals surface area (Å²) in [7, 11) is 0. The van der Waals surface area contributed by atoms with Crippen molar-refractivity contribution in [2.45, 2.75) is 6.61 Å². The number of imidazole rings is 1. The third-order valence-corrected chi connectivity index (χ3v) is 6.30. The number of hydrogen-bond acceptors (Lipinski definition) is 4. The maximum Gasteiger partial charge on any atom is 0.274 e. The summed E-state index contributed by atoms with van der Waals surface area (Å²) in [5, 5.41) is 1.13. The molecule has 0 saturated carbocycles. The van der Waals surface area contributed by atoms with Crippen molar-refractivity contribution in [1.29, 1.82) is 0 Å². The third kappa shape index (κ3) is 3.45. The number of halogens is 2. The maximum absolute atomic E-state index is 13.0. The van der Waals surface area contributed by atoms with Crippen LogP contribution in [0.5, 0.6) is 5.75 Å². The van der Waals surface area contributed by atoms with Gasteiger partial charge in [0.15, 0.2) is 4.96 Å². The van der Waals surface area contributed by atoms with Crippen LogP contribution >= 0.6 is 34.5 Å². The van der Waals surface area contributed by atoms with Gasteiger partial charge in [-0.15, -0.1) is 0 Å². The van der Waals surface area contributed by atoms with Gasteiger partial charge in [-0.1, -0.05) is 70.9 Å². The molecule has 0 fully saturated rings. The van der Waals surface area contributed by atoms with E-state index in [1.807, 2.05) is 60.7 Å². The summed E-state index contributed by atoms with van der Waals surface area (Å²) in [5.41, 5.74) is 3.19. The smallest absolute Gasteiger partial charge is 0.274 e. The summed E-state index contributed by atoms with van der Waals surface area (Å²) >= 11 is 13.6.